The quantitative estimate of drug-likeness (QED) is 0.804. The van der Waals surface area contributed by atoms with Gasteiger partial charge in [-0.05, 0) is 18.7 Å². The third-order valence-electron chi connectivity index (χ3n) is 2.80. The zero-order valence-electron chi connectivity index (χ0n) is 11.8. The van der Waals surface area contributed by atoms with Gasteiger partial charge in [0.25, 0.3) is 0 Å². The Morgan fingerprint density at radius 2 is 2.25 bits per heavy atom. The summed E-state index contributed by atoms with van der Waals surface area (Å²) >= 11 is 1.68. The molecule has 1 aromatic carbocycles. The first-order chi connectivity index (χ1) is 9.69. The van der Waals surface area contributed by atoms with Crippen molar-refractivity contribution < 1.29 is 4.79 Å². The Morgan fingerprint density at radius 3 is 3.00 bits per heavy atom. The molecule has 0 aliphatic rings. The fourth-order valence-corrected chi connectivity index (χ4v) is 2.70. The number of amides is 1. The van der Waals surface area contributed by atoms with Crippen LogP contribution in [-0.4, -0.2) is 24.0 Å². The normalized spacial score (nSPS) is 10.5. The average Bonchev–Trinajstić information content (AvgIpc) is 2.87. The number of carbonyl (C=O) groups is 1. The monoisotopic (exact) mass is 289 g/mol. The van der Waals surface area contributed by atoms with Crippen LogP contribution in [-0.2, 0) is 11.2 Å². The van der Waals surface area contributed by atoms with E-state index in [1.807, 2.05) is 24.3 Å². The highest BCUT2D eigenvalue weighted by molar-refractivity contribution is 7.09. The lowest BCUT2D eigenvalue weighted by atomic mass is 10.1. The molecule has 0 aliphatic heterocycles. The van der Waals surface area contributed by atoms with Gasteiger partial charge < -0.3 is 10.6 Å². The molecular weight excluding hydrogens is 270 g/mol. The van der Waals surface area contributed by atoms with Crippen molar-refractivity contribution in [3.8, 4) is 11.3 Å². The second kappa shape index (κ2) is 7.17. The predicted octanol–water partition coefficient (Wildman–Crippen LogP) is 2.92. The largest absolute Gasteiger partial charge is 0.326 e. The number of thiazole rings is 1. The summed E-state index contributed by atoms with van der Waals surface area (Å²) in [4.78, 5) is 15.7. The van der Waals surface area contributed by atoms with Crippen molar-refractivity contribution in [2.24, 2.45) is 0 Å². The van der Waals surface area contributed by atoms with E-state index in [4.69, 9.17) is 0 Å². The number of aromatic nitrogens is 1. The Bertz CT molecular complexity index is 580. The molecule has 2 aromatic rings. The van der Waals surface area contributed by atoms with E-state index in [1.54, 1.807) is 11.3 Å². The molecule has 1 amide bonds. The van der Waals surface area contributed by atoms with Crippen LogP contribution in [0.15, 0.2) is 29.6 Å². The molecule has 2 rings (SSSR count). The molecule has 0 aliphatic carbocycles. The number of nitrogens with zero attached hydrogens (tertiary/aromatic N) is 1. The van der Waals surface area contributed by atoms with E-state index in [2.05, 4.69) is 27.9 Å². The number of likely N-dealkylation sites (N-methyl/N-ethyl adjacent to an activating group) is 1. The lowest BCUT2D eigenvalue weighted by Gasteiger charge is -2.03. The number of rotatable bonds is 6. The number of nitrogens with one attached hydrogen (secondary N) is 2. The molecule has 20 heavy (non-hydrogen) atoms. The molecule has 106 valence electrons. The van der Waals surface area contributed by atoms with Crippen LogP contribution >= 0.6 is 11.3 Å². The fraction of sp³-hybridized carbons (Fsp3) is 0.333. The molecule has 0 atom stereocenters. The Kier molecular flexibility index (Phi) is 5.26. The maximum absolute atomic E-state index is 11.1. The highest BCUT2D eigenvalue weighted by Gasteiger charge is 2.05. The summed E-state index contributed by atoms with van der Waals surface area (Å²) in [6, 6.07) is 7.76. The lowest BCUT2D eigenvalue weighted by molar-refractivity contribution is -0.114. The summed E-state index contributed by atoms with van der Waals surface area (Å²) in [6.07, 6.45) is 0.948. The van der Waals surface area contributed by atoms with Crippen LogP contribution in [0.2, 0.25) is 0 Å². The summed E-state index contributed by atoms with van der Waals surface area (Å²) in [6.45, 7) is 5.54. The topological polar surface area (TPSA) is 54.0 Å². The van der Waals surface area contributed by atoms with Crippen LogP contribution < -0.4 is 10.6 Å². The van der Waals surface area contributed by atoms with E-state index in [9.17, 15) is 4.79 Å². The number of benzene rings is 1. The van der Waals surface area contributed by atoms with Crippen molar-refractivity contribution in [3.05, 3.63) is 34.7 Å². The Morgan fingerprint density at radius 1 is 1.40 bits per heavy atom. The van der Waals surface area contributed by atoms with Gasteiger partial charge >= 0.3 is 0 Å². The first kappa shape index (κ1) is 14.7. The molecule has 4 nitrogen and oxygen atoms in total. The van der Waals surface area contributed by atoms with E-state index in [0.717, 1.165) is 41.5 Å². The number of carbonyl (C=O) groups excluding carboxylic acids is 1. The van der Waals surface area contributed by atoms with Crippen molar-refractivity contribution in [2.75, 3.05) is 18.4 Å². The van der Waals surface area contributed by atoms with Crippen LogP contribution in [0.1, 0.15) is 18.9 Å². The van der Waals surface area contributed by atoms with Gasteiger partial charge in [0.1, 0.15) is 0 Å². The van der Waals surface area contributed by atoms with Crippen molar-refractivity contribution in [1.82, 2.24) is 10.3 Å². The van der Waals surface area contributed by atoms with Gasteiger partial charge in [-0.25, -0.2) is 4.98 Å². The molecule has 0 spiro atoms. The van der Waals surface area contributed by atoms with Crippen molar-refractivity contribution in [2.45, 2.75) is 20.3 Å². The highest BCUT2D eigenvalue weighted by Crippen LogP contribution is 2.24. The third-order valence-corrected chi connectivity index (χ3v) is 3.70. The number of hydrogen-bond donors (Lipinski definition) is 2. The maximum Gasteiger partial charge on any atom is 0.221 e. The molecule has 0 saturated carbocycles. The highest BCUT2D eigenvalue weighted by atomic mass is 32.1. The SMILES string of the molecule is CCNCCc1nc(-c2cccc(NC(C)=O)c2)cs1. The van der Waals surface area contributed by atoms with Crippen molar-refractivity contribution >= 4 is 22.9 Å². The smallest absolute Gasteiger partial charge is 0.221 e. The molecular formula is C15H19N3OS. The third kappa shape index (κ3) is 4.15. The van der Waals surface area contributed by atoms with E-state index in [-0.39, 0.29) is 5.91 Å². The molecule has 0 fully saturated rings. The van der Waals surface area contributed by atoms with Gasteiger partial charge in [-0.15, -0.1) is 11.3 Å². The summed E-state index contributed by atoms with van der Waals surface area (Å²) in [5.41, 5.74) is 2.80. The molecule has 0 radical (unpaired) electrons. The van der Waals surface area contributed by atoms with E-state index in [0.29, 0.717) is 0 Å². The number of anilines is 1. The van der Waals surface area contributed by atoms with Gasteiger partial charge in [0.15, 0.2) is 0 Å². The Labute approximate surface area is 123 Å². The first-order valence-corrected chi connectivity index (χ1v) is 7.60. The van der Waals surface area contributed by atoms with Crippen LogP contribution in [0.5, 0.6) is 0 Å². The maximum atomic E-state index is 11.1. The fourth-order valence-electron chi connectivity index (χ4n) is 1.89. The van der Waals surface area contributed by atoms with Gasteiger partial charge in [0, 0.05) is 36.5 Å². The van der Waals surface area contributed by atoms with Gasteiger partial charge in [-0.2, -0.15) is 0 Å². The van der Waals surface area contributed by atoms with E-state index < -0.39 is 0 Å². The molecule has 2 N–H and O–H groups in total. The van der Waals surface area contributed by atoms with E-state index >= 15 is 0 Å². The van der Waals surface area contributed by atoms with E-state index in [1.165, 1.54) is 6.92 Å². The summed E-state index contributed by atoms with van der Waals surface area (Å²) < 4.78 is 0. The predicted molar refractivity (Wildman–Crippen MR) is 84.1 cm³/mol. The standard InChI is InChI=1S/C15H19N3OS/c1-3-16-8-7-15-18-14(10-20-15)12-5-4-6-13(9-12)17-11(2)19/h4-6,9-10,16H,3,7-8H2,1-2H3,(H,17,19). The molecule has 0 saturated heterocycles. The Hall–Kier alpha value is -1.72. The Balaban J connectivity index is 2.09. The molecule has 0 bridgehead atoms. The molecule has 0 unspecified atom stereocenters. The van der Waals surface area contributed by atoms with Crippen LogP contribution in [0, 0.1) is 0 Å². The first-order valence-electron chi connectivity index (χ1n) is 6.72. The zero-order chi connectivity index (χ0) is 14.4. The minimum atomic E-state index is -0.0632. The second-order valence-electron chi connectivity index (χ2n) is 4.49. The average molecular weight is 289 g/mol. The van der Waals surface area contributed by atoms with Gasteiger partial charge in [-0.3, -0.25) is 4.79 Å². The number of hydrogen-bond acceptors (Lipinski definition) is 4. The minimum Gasteiger partial charge on any atom is -0.326 e. The molecule has 1 aromatic heterocycles. The lowest BCUT2D eigenvalue weighted by Crippen LogP contribution is -2.15. The van der Waals surface area contributed by atoms with Crippen LogP contribution in [0.4, 0.5) is 5.69 Å². The summed E-state index contributed by atoms with van der Waals surface area (Å²) in [7, 11) is 0. The van der Waals surface area contributed by atoms with Crippen molar-refractivity contribution in [3.63, 3.8) is 0 Å². The zero-order valence-corrected chi connectivity index (χ0v) is 12.6. The van der Waals surface area contributed by atoms with Crippen LogP contribution in [0.25, 0.3) is 11.3 Å². The van der Waals surface area contributed by atoms with Gasteiger partial charge in [0.05, 0.1) is 10.7 Å². The molecule has 5 heteroatoms. The van der Waals surface area contributed by atoms with Gasteiger partial charge in [-0.1, -0.05) is 19.1 Å². The summed E-state index contributed by atoms with van der Waals surface area (Å²) in [5.74, 6) is -0.0632. The summed E-state index contributed by atoms with van der Waals surface area (Å²) in [5, 5.41) is 9.28. The molecule has 1 heterocycles. The van der Waals surface area contributed by atoms with Crippen LogP contribution in [0.3, 0.4) is 0 Å². The minimum absolute atomic E-state index is 0.0632. The van der Waals surface area contributed by atoms with Crippen molar-refractivity contribution in [1.29, 1.82) is 0 Å². The second-order valence-corrected chi connectivity index (χ2v) is 5.43. The van der Waals surface area contributed by atoms with Gasteiger partial charge in [0.2, 0.25) is 5.91 Å².